The minimum absolute atomic E-state index is 0.119. The molecule has 2 saturated heterocycles. The Balaban J connectivity index is 1.71. The highest BCUT2D eigenvalue weighted by atomic mass is 16.5. The number of carbonyl (C=O) groups excluding carboxylic acids is 1. The van der Waals surface area contributed by atoms with Crippen molar-refractivity contribution in [1.82, 2.24) is 9.88 Å². The van der Waals surface area contributed by atoms with Crippen LogP contribution in [-0.2, 0) is 11.2 Å². The number of H-pyrrole nitrogens is 1. The summed E-state index contributed by atoms with van der Waals surface area (Å²) in [4.78, 5) is 28.8. The molecule has 126 valence electrons. The molecule has 1 unspecified atom stereocenters. The van der Waals surface area contributed by atoms with Crippen LogP contribution >= 0.6 is 0 Å². The van der Waals surface area contributed by atoms with Gasteiger partial charge in [-0.3, -0.25) is 9.59 Å². The number of aromatic nitrogens is 1. The smallest absolute Gasteiger partial charge is 0.254 e. The number of pyridine rings is 1. The van der Waals surface area contributed by atoms with Crippen LogP contribution in [0.5, 0.6) is 0 Å². The normalized spacial score (nSPS) is 23.9. The summed E-state index contributed by atoms with van der Waals surface area (Å²) in [6.07, 6.45) is 3.17. The maximum atomic E-state index is 12.6. The number of ether oxygens (including phenoxy) is 1. The number of hydrogen-bond acceptors (Lipinski definition) is 4. The van der Waals surface area contributed by atoms with Crippen LogP contribution in [0, 0.1) is 0 Å². The second-order valence-electron chi connectivity index (χ2n) is 6.48. The summed E-state index contributed by atoms with van der Waals surface area (Å²) in [7, 11) is 0. The van der Waals surface area contributed by atoms with Gasteiger partial charge in [0.05, 0.1) is 11.7 Å². The van der Waals surface area contributed by atoms with Gasteiger partial charge in [0, 0.05) is 37.0 Å². The Morgan fingerprint density at radius 2 is 2.17 bits per heavy atom. The molecule has 1 spiro atoms. The van der Waals surface area contributed by atoms with Crippen molar-refractivity contribution in [3.63, 3.8) is 0 Å². The number of rotatable bonds is 2. The van der Waals surface area contributed by atoms with Crippen LogP contribution < -0.4 is 5.56 Å². The molecule has 0 saturated carbocycles. The maximum absolute atomic E-state index is 12.6. The van der Waals surface area contributed by atoms with Gasteiger partial charge in [0.2, 0.25) is 5.56 Å². The summed E-state index contributed by atoms with van der Waals surface area (Å²) in [5, 5.41) is 10.3. The highest BCUT2D eigenvalue weighted by Gasteiger charge is 2.44. The van der Waals surface area contributed by atoms with E-state index < -0.39 is 11.7 Å². The topological polar surface area (TPSA) is 82.6 Å². The summed E-state index contributed by atoms with van der Waals surface area (Å²) in [6.45, 7) is 3.71. The number of aliphatic hydroxyl groups is 1. The highest BCUT2D eigenvalue weighted by Crippen LogP contribution is 2.35. The highest BCUT2D eigenvalue weighted by molar-refractivity contribution is 5.94. The molecular formula is C17H24N2O4. The summed E-state index contributed by atoms with van der Waals surface area (Å²) in [5.41, 5.74) is 0.469. The molecule has 0 aromatic carbocycles. The maximum Gasteiger partial charge on any atom is 0.254 e. The van der Waals surface area contributed by atoms with Gasteiger partial charge in [-0.05, 0) is 38.2 Å². The lowest BCUT2D eigenvalue weighted by Gasteiger charge is -2.46. The van der Waals surface area contributed by atoms with Crippen LogP contribution in [0.4, 0.5) is 0 Å². The van der Waals surface area contributed by atoms with Crippen LogP contribution in [0.3, 0.4) is 0 Å². The molecule has 23 heavy (non-hydrogen) atoms. The van der Waals surface area contributed by atoms with Crippen molar-refractivity contribution in [1.29, 1.82) is 0 Å². The molecule has 2 aliphatic rings. The zero-order valence-corrected chi connectivity index (χ0v) is 13.5. The first kappa shape index (κ1) is 16.2. The zero-order valence-electron chi connectivity index (χ0n) is 13.5. The predicted octanol–water partition coefficient (Wildman–Crippen LogP) is 1.08. The van der Waals surface area contributed by atoms with Gasteiger partial charge in [0.15, 0.2) is 0 Å². The van der Waals surface area contributed by atoms with E-state index in [2.05, 4.69) is 4.98 Å². The number of nitrogens with one attached hydrogen (secondary N) is 1. The van der Waals surface area contributed by atoms with Gasteiger partial charge in [-0.25, -0.2) is 0 Å². The van der Waals surface area contributed by atoms with Crippen molar-refractivity contribution in [2.45, 2.75) is 50.7 Å². The van der Waals surface area contributed by atoms with Crippen LogP contribution in [0.15, 0.2) is 16.9 Å². The third kappa shape index (κ3) is 3.19. The Bertz CT molecular complexity index is 632. The van der Waals surface area contributed by atoms with Crippen molar-refractivity contribution < 1.29 is 14.6 Å². The van der Waals surface area contributed by atoms with E-state index in [4.69, 9.17) is 4.74 Å². The fourth-order valence-corrected chi connectivity index (χ4v) is 3.57. The monoisotopic (exact) mass is 320 g/mol. The number of amides is 1. The molecule has 3 heterocycles. The molecule has 2 N–H and O–H groups in total. The first-order chi connectivity index (χ1) is 11.0. The molecule has 1 amide bonds. The summed E-state index contributed by atoms with van der Waals surface area (Å²) >= 11 is 0. The first-order valence-corrected chi connectivity index (χ1v) is 8.38. The Labute approximate surface area is 135 Å². The quantitative estimate of drug-likeness (QED) is 0.854. The van der Waals surface area contributed by atoms with Gasteiger partial charge in [-0.1, -0.05) is 6.92 Å². The molecule has 0 bridgehead atoms. The first-order valence-electron chi connectivity index (χ1n) is 8.38. The SMILES string of the molecule is CCc1cc(C(=O)N2CCC3(CC2)OCCCC3O)cc(=O)[nH]1. The fraction of sp³-hybridized carbons (Fsp3) is 0.647. The third-order valence-electron chi connectivity index (χ3n) is 5.04. The molecule has 6 nitrogen and oxygen atoms in total. The number of aliphatic hydroxyl groups excluding tert-OH is 1. The lowest BCUT2D eigenvalue weighted by molar-refractivity contribution is -0.174. The molecule has 0 radical (unpaired) electrons. The average molecular weight is 320 g/mol. The number of hydrogen-bond donors (Lipinski definition) is 2. The van der Waals surface area contributed by atoms with Crippen LogP contribution in [-0.4, -0.2) is 52.3 Å². The Morgan fingerprint density at radius 3 is 2.83 bits per heavy atom. The van der Waals surface area contributed by atoms with Gasteiger partial charge in [-0.15, -0.1) is 0 Å². The third-order valence-corrected chi connectivity index (χ3v) is 5.04. The molecule has 2 aliphatic heterocycles. The summed E-state index contributed by atoms with van der Waals surface area (Å²) < 4.78 is 5.87. The zero-order chi connectivity index (χ0) is 16.4. The molecule has 1 aromatic heterocycles. The van der Waals surface area contributed by atoms with E-state index in [1.807, 2.05) is 6.92 Å². The van der Waals surface area contributed by atoms with Gasteiger partial charge in [-0.2, -0.15) is 0 Å². The summed E-state index contributed by atoms with van der Waals surface area (Å²) in [5.74, 6) is -0.119. The van der Waals surface area contributed by atoms with Crippen molar-refractivity contribution in [2.75, 3.05) is 19.7 Å². The second kappa shape index (κ2) is 6.45. The van der Waals surface area contributed by atoms with Gasteiger partial charge >= 0.3 is 0 Å². The van der Waals surface area contributed by atoms with Crippen molar-refractivity contribution >= 4 is 5.91 Å². The number of piperidine rings is 1. The molecule has 0 aliphatic carbocycles. The molecule has 3 rings (SSSR count). The van der Waals surface area contributed by atoms with E-state index >= 15 is 0 Å². The van der Waals surface area contributed by atoms with E-state index in [-0.39, 0.29) is 11.5 Å². The van der Waals surface area contributed by atoms with Crippen LogP contribution in [0.25, 0.3) is 0 Å². The number of aryl methyl sites for hydroxylation is 1. The Kier molecular flexibility index (Phi) is 4.55. The summed E-state index contributed by atoms with van der Waals surface area (Å²) in [6, 6.07) is 3.11. The van der Waals surface area contributed by atoms with Crippen molar-refractivity contribution in [2.24, 2.45) is 0 Å². The molecule has 2 fully saturated rings. The van der Waals surface area contributed by atoms with Crippen molar-refractivity contribution in [3.05, 3.63) is 33.7 Å². The van der Waals surface area contributed by atoms with Gasteiger partial charge in [0.25, 0.3) is 5.91 Å². The van der Waals surface area contributed by atoms with Gasteiger partial charge in [0.1, 0.15) is 0 Å². The van der Waals surface area contributed by atoms with Crippen molar-refractivity contribution in [3.8, 4) is 0 Å². The largest absolute Gasteiger partial charge is 0.390 e. The lowest BCUT2D eigenvalue weighted by atomic mass is 9.82. The molecular weight excluding hydrogens is 296 g/mol. The minimum Gasteiger partial charge on any atom is -0.390 e. The molecule has 1 aromatic rings. The van der Waals surface area contributed by atoms with Crippen LogP contribution in [0.1, 0.15) is 48.7 Å². The fourth-order valence-electron chi connectivity index (χ4n) is 3.57. The van der Waals surface area contributed by atoms with E-state index in [0.717, 1.165) is 18.5 Å². The van der Waals surface area contributed by atoms with Crippen LogP contribution in [0.2, 0.25) is 0 Å². The van der Waals surface area contributed by atoms with E-state index in [1.54, 1.807) is 11.0 Å². The number of likely N-dealkylation sites (tertiary alicyclic amines) is 1. The van der Waals surface area contributed by atoms with E-state index in [1.165, 1.54) is 6.07 Å². The Morgan fingerprint density at radius 1 is 1.43 bits per heavy atom. The minimum atomic E-state index is -0.488. The number of aromatic amines is 1. The number of nitrogens with zero attached hydrogens (tertiary/aromatic N) is 1. The second-order valence-corrected chi connectivity index (χ2v) is 6.48. The van der Waals surface area contributed by atoms with E-state index in [0.29, 0.717) is 44.5 Å². The number of carbonyl (C=O) groups is 1. The molecule has 1 atom stereocenters. The lowest BCUT2D eigenvalue weighted by Crippen LogP contribution is -2.56. The molecule has 6 heteroatoms. The standard InChI is InChI=1S/C17H24N2O4/c1-2-13-10-12(11-15(21)18-13)16(22)19-7-5-17(6-8-19)14(20)4-3-9-23-17/h10-11,14,20H,2-9H2,1H3,(H,18,21). The van der Waals surface area contributed by atoms with E-state index in [9.17, 15) is 14.7 Å². The van der Waals surface area contributed by atoms with Gasteiger partial charge < -0.3 is 19.7 Å². The average Bonchev–Trinajstić information content (AvgIpc) is 2.57. The Hall–Kier alpha value is -1.66. The predicted molar refractivity (Wildman–Crippen MR) is 85.5 cm³/mol.